The molecule has 0 aliphatic heterocycles. The molecule has 1 N–H and O–H groups in total. The average molecular weight is 326 g/mol. The normalized spacial score (nSPS) is 11.7. The Morgan fingerprint density at radius 2 is 1.58 bits per heavy atom. The molecule has 2 heterocycles. The molecule has 0 saturated carbocycles. The van der Waals surface area contributed by atoms with E-state index >= 15 is 0 Å². The Kier molecular flexibility index (Phi) is 5.63. The number of nitrogens with one attached hydrogen (secondary N) is 1. The summed E-state index contributed by atoms with van der Waals surface area (Å²) >= 11 is 0. The zero-order valence-corrected chi connectivity index (χ0v) is 14.4. The van der Waals surface area contributed by atoms with Crippen molar-refractivity contribution < 1.29 is 9.59 Å². The van der Waals surface area contributed by atoms with Crippen LogP contribution >= 0.6 is 0 Å². The van der Waals surface area contributed by atoms with E-state index in [1.165, 1.54) is 0 Å². The Labute approximate surface area is 141 Å². The number of aromatic nitrogens is 2. The van der Waals surface area contributed by atoms with E-state index in [0.717, 1.165) is 11.4 Å². The second kappa shape index (κ2) is 7.68. The summed E-state index contributed by atoms with van der Waals surface area (Å²) in [6, 6.07) is 10.5. The Bertz CT molecular complexity index is 745. The van der Waals surface area contributed by atoms with Crippen molar-refractivity contribution in [2.45, 2.75) is 26.8 Å². The van der Waals surface area contributed by atoms with E-state index in [1.54, 1.807) is 36.2 Å². The minimum atomic E-state index is -0.250. The third-order valence-electron chi connectivity index (χ3n) is 3.77. The van der Waals surface area contributed by atoms with Gasteiger partial charge in [-0.3, -0.25) is 9.59 Å². The van der Waals surface area contributed by atoms with Crippen LogP contribution in [0.1, 0.15) is 39.3 Å². The predicted molar refractivity (Wildman–Crippen MR) is 91.8 cm³/mol. The lowest BCUT2D eigenvalue weighted by molar-refractivity contribution is 0.0725. The summed E-state index contributed by atoms with van der Waals surface area (Å²) < 4.78 is 0. The monoisotopic (exact) mass is 326 g/mol. The van der Waals surface area contributed by atoms with Gasteiger partial charge in [-0.25, -0.2) is 9.97 Å². The number of pyridine rings is 2. The van der Waals surface area contributed by atoms with Gasteiger partial charge in [0.1, 0.15) is 11.4 Å². The first-order valence-electron chi connectivity index (χ1n) is 7.81. The molecular weight excluding hydrogens is 304 g/mol. The molecule has 0 saturated heterocycles. The first-order chi connectivity index (χ1) is 11.4. The molecule has 2 amide bonds. The van der Waals surface area contributed by atoms with Gasteiger partial charge in [-0.15, -0.1) is 0 Å². The molecule has 1 atom stereocenters. The maximum absolute atomic E-state index is 12.4. The summed E-state index contributed by atoms with van der Waals surface area (Å²) in [4.78, 5) is 34.6. The minimum absolute atomic E-state index is 0.172. The number of nitrogens with zero attached hydrogens (tertiary/aromatic N) is 3. The topological polar surface area (TPSA) is 75.2 Å². The molecule has 2 aromatic rings. The number of carbonyl (C=O) groups excluding carboxylic acids is 2. The molecule has 0 fully saturated rings. The van der Waals surface area contributed by atoms with E-state index in [0.29, 0.717) is 17.9 Å². The predicted octanol–water partition coefficient (Wildman–Crippen LogP) is 1.98. The highest BCUT2D eigenvalue weighted by molar-refractivity contribution is 5.93. The number of likely N-dealkylation sites (N-methyl/N-ethyl adjacent to an activating group) is 1. The standard InChI is InChI=1S/C18H22N4O2/c1-12-7-5-9-15(20-12)17(23)19-11-14(3)22(4)18(24)16-10-6-8-13(2)21-16/h5-10,14H,11H2,1-4H3,(H,19,23)/t14-/m0/s1. The highest BCUT2D eigenvalue weighted by atomic mass is 16.2. The van der Waals surface area contributed by atoms with Crippen molar-refractivity contribution >= 4 is 11.8 Å². The van der Waals surface area contributed by atoms with Crippen molar-refractivity contribution in [2.75, 3.05) is 13.6 Å². The first kappa shape index (κ1) is 17.6. The number of carbonyl (C=O) groups is 2. The molecule has 0 bridgehead atoms. The van der Waals surface area contributed by atoms with E-state index < -0.39 is 0 Å². The fourth-order valence-electron chi connectivity index (χ4n) is 2.18. The van der Waals surface area contributed by atoms with E-state index in [9.17, 15) is 9.59 Å². The Hall–Kier alpha value is -2.76. The molecule has 0 radical (unpaired) electrons. The summed E-state index contributed by atoms with van der Waals surface area (Å²) in [6.07, 6.45) is 0. The lowest BCUT2D eigenvalue weighted by Gasteiger charge is -2.25. The van der Waals surface area contributed by atoms with Crippen LogP contribution in [0.3, 0.4) is 0 Å². The summed E-state index contributed by atoms with van der Waals surface area (Å²) in [5.74, 6) is -0.422. The fraction of sp³-hybridized carbons (Fsp3) is 0.333. The Morgan fingerprint density at radius 1 is 1.04 bits per heavy atom. The highest BCUT2D eigenvalue weighted by Crippen LogP contribution is 2.06. The molecule has 24 heavy (non-hydrogen) atoms. The van der Waals surface area contributed by atoms with Gasteiger partial charge in [0.15, 0.2) is 0 Å². The van der Waals surface area contributed by atoms with Crippen molar-refractivity contribution in [1.82, 2.24) is 20.2 Å². The second-order valence-electron chi connectivity index (χ2n) is 5.80. The molecule has 0 spiro atoms. The Balaban J connectivity index is 1.95. The Morgan fingerprint density at radius 3 is 2.17 bits per heavy atom. The van der Waals surface area contributed by atoms with Crippen molar-refractivity contribution in [2.24, 2.45) is 0 Å². The van der Waals surface area contributed by atoms with Crippen molar-refractivity contribution in [3.8, 4) is 0 Å². The smallest absolute Gasteiger partial charge is 0.272 e. The lowest BCUT2D eigenvalue weighted by Crippen LogP contribution is -2.43. The van der Waals surface area contributed by atoms with Gasteiger partial charge in [0.25, 0.3) is 11.8 Å². The van der Waals surface area contributed by atoms with Gasteiger partial charge < -0.3 is 10.2 Å². The number of amides is 2. The van der Waals surface area contributed by atoms with Crippen LogP contribution in [0.15, 0.2) is 36.4 Å². The van der Waals surface area contributed by atoms with E-state index in [2.05, 4.69) is 15.3 Å². The van der Waals surface area contributed by atoms with Crippen LogP contribution in [0.5, 0.6) is 0 Å². The van der Waals surface area contributed by atoms with Crippen LogP contribution in [-0.2, 0) is 0 Å². The van der Waals surface area contributed by atoms with Gasteiger partial charge in [-0.1, -0.05) is 12.1 Å². The molecule has 0 aliphatic rings. The summed E-state index contributed by atoms with van der Waals surface area (Å²) in [7, 11) is 1.70. The van der Waals surface area contributed by atoms with Crippen molar-refractivity contribution in [3.05, 3.63) is 59.2 Å². The molecule has 0 aliphatic carbocycles. The summed E-state index contributed by atoms with van der Waals surface area (Å²) in [5, 5.41) is 2.81. The highest BCUT2D eigenvalue weighted by Gasteiger charge is 2.19. The summed E-state index contributed by atoms with van der Waals surface area (Å²) in [5.41, 5.74) is 2.35. The third kappa shape index (κ3) is 4.38. The van der Waals surface area contributed by atoms with Gasteiger partial charge >= 0.3 is 0 Å². The second-order valence-corrected chi connectivity index (χ2v) is 5.80. The zero-order chi connectivity index (χ0) is 17.7. The van der Waals surface area contributed by atoms with E-state index in [1.807, 2.05) is 32.9 Å². The first-order valence-corrected chi connectivity index (χ1v) is 7.81. The van der Waals surface area contributed by atoms with Gasteiger partial charge in [0, 0.05) is 31.0 Å². The van der Waals surface area contributed by atoms with Crippen LogP contribution in [-0.4, -0.2) is 46.3 Å². The molecule has 0 aromatic carbocycles. The largest absolute Gasteiger partial charge is 0.349 e. The number of hydrogen-bond donors (Lipinski definition) is 1. The number of rotatable bonds is 5. The van der Waals surface area contributed by atoms with Gasteiger partial charge in [0.2, 0.25) is 0 Å². The molecule has 6 heteroatoms. The van der Waals surface area contributed by atoms with Crippen LogP contribution in [0.4, 0.5) is 0 Å². The van der Waals surface area contributed by atoms with Crippen LogP contribution in [0, 0.1) is 13.8 Å². The van der Waals surface area contributed by atoms with Gasteiger partial charge in [-0.2, -0.15) is 0 Å². The van der Waals surface area contributed by atoms with Crippen LogP contribution in [0.25, 0.3) is 0 Å². The molecule has 0 unspecified atom stereocenters. The maximum atomic E-state index is 12.4. The van der Waals surface area contributed by atoms with Crippen LogP contribution < -0.4 is 5.32 Å². The molecule has 2 aromatic heterocycles. The molecule has 2 rings (SSSR count). The maximum Gasteiger partial charge on any atom is 0.272 e. The minimum Gasteiger partial charge on any atom is -0.349 e. The van der Waals surface area contributed by atoms with E-state index in [-0.39, 0.29) is 17.9 Å². The quantitative estimate of drug-likeness (QED) is 0.912. The molecule has 126 valence electrons. The average Bonchev–Trinajstić information content (AvgIpc) is 2.58. The van der Waals surface area contributed by atoms with E-state index in [4.69, 9.17) is 0 Å². The van der Waals surface area contributed by atoms with Gasteiger partial charge in [-0.05, 0) is 45.0 Å². The summed E-state index contributed by atoms with van der Waals surface area (Å²) in [6.45, 7) is 5.89. The van der Waals surface area contributed by atoms with Gasteiger partial charge in [0.05, 0.1) is 0 Å². The number of aryl methyl sites for hydroxylation is 2. The SMILES string of the molecule is Cc1cccc(C(=O)NC[C@H](C)N(C)C(=O)c2cccc(C)n2)n1. The lowest BCUT2D eigenvalue weighted by atomic mass is 10.2. The number of hydrogen-bond acceptors (Lipinski definition) is 4. The van der Waals surface area contributed by atoms with Crippen molar-refractivity contribution in [1.29, 1.82) is 0 Å². The third-order valence-corrected chi connectivity index (χ3v) is 3.77. The molecular formula is C18H22N4O2. The fourth-order valence-corrected chi connectivity index (χ4v) is 2.18. The van der Waals surface area contributed by atoms with Crippen LogP contribution in [0.2, 0.25) is 0 Å². The van der Waals surface area contributed by atoms with Crippen molar-refractivity contribution in [3.63, 3.8) is 0 Å². The molecule has 6 nitrogen and oxygen atoms in total. The zero-order valence-electron chi connectivity index (χ0n) is 14.4.